The van der Waals surface area contributed by atoms with Crippen molar-refractivity contribution in [3.05, 3.63) is 35.4 Å². The van der Waals surface area contributed by atoms with E-state index in [9.17, 15) is 5.26 Å². The van der Waals surface area contributed by atoms with E-state index >= 15 is 0 Å². The largest absolute Gasteiger partial charge is 0.487 e. The van der Waals surface area contributed by atoms with Gasteiger partial charge in [0.05, 0.1) is 81.7 Å². The van der Waals surface area contributed by atoms with Crippen molar-refractivity contribution in [2.75, 3.05) is 127 Å². The fraction of sp³-hybridized carbons (Fsp3) is 0.571. The maximum atomic E-state index is 9.32. The maximum Gasteiger partial charge on any atom is 0.217 e. The number of nitrogen functional groups attached to an aromatic ring is 1. The van der Waals surface area contributed by atoms with Crippen molar-refractivity contribution in [2.24, 2.45) is 4.99 Å². The van der Waals surface area contributed by atoms with Crippen molar-refractivity contribution in [3.63, 3.8) is 0 Å². The summed E-state index contributed by atoms with van der Waals surface area (Å²) in [7, 11) is 10.7. The van der Waals surface area contributed by atoms with Crippen LogP contribution in [0.2, 0.25) is 0 Å². The van der Waals surface area contributed by atoms with Gasteiger partial charge in [-0.25, -0.2) is 4.99 Å². The molecule has 3 radical (unpaired) electrons. The van der Waals surface area contributed by atoms with Crippen molar-refractivity contribution in [1.82, 2.24) is 9.80 Å². The third kappa shape index (κ3) is 18.3. The van der Waals surface area contributed by atoms with Crippen molar-refractivity contribution < 1.29 is 47.4 Å². The van der Waals surface area contributed by atoms with E-state index in [1.54, 1.807) is 49.7 Å². The molecule has 52 heavy (non-hydrogen) atoms. The second-order valence-electron chi connectivity index (χ2n) is 10.7. The van der Waals surface area contributed by atoms with Crippen LogP contribution in [0.15, 0.2) is 29.3 Å². The molecular formula is C35H54BN6O10. The second kappa shape index (κ2) is 28.3. The molecule has 0 aromatic heterocycles. The first kappa shape index (κ1) is 47.7. The van der Waals surface area contributed by atoms with Crippen LogP contribution in [-0.4, -0.2) is 153 Å². The molecule has 287 valence electrons. The minimum absolute atomic E-state index is 0. The van der Waals surface area contributed by atoms with Crippen LogP contribution in [0.3, 0.4) is 0 Å². The van der Waals surface area contributed by atoms with Crippen LogP contribution in [0.25, 0.3) is 0 Å². The number of aliphatic imine (C=N–C) groups is 1. The number of hydrogen-bond donors (Lipinski definition) is 1. The number of anilines is 1. The van der Waals surface area contributed by atoms with Gasteiger partial charge in [-0.05, 0) is 14.1 Å². The number of hydrogen-bond acceptors (Lipinski definition) is 15. The molecule has 0 amide bonds. The lowest BCUT2D eigenvalue weighted by Gasteiger charge is -2.19. The minimum atomic E-state index is -0.213. The fourth-order valence-corrected chi connectivity index (χ4v) is 4.05. The van der Waals surface area contributed by atoms with Crippen LogP contribution < -0.4 is 24.7 Å². The van der Waals surface area contributed by atoms with E-state index in [1.165, 1.54) is 0 Å². The van der Waals surface area contributed by atoms with Gasteiger partial charge >= 0.3 is 0 Å². The van der Waals surface area contributed by atoms with E-state index in [-0.39, 0.29) is 22.3 Å². The molecule has 4 rings (SSSR count). The van der Waals surface area contributed by atoms with Gasteiger partial charge in [0.15, 0.2) is 23.0 Å². The number of nitrogens with zero attached hydrogens (tertiary/aromatic N) is 5. The molecule has 0 bridgehead atoms. The summed E-state index contributed by atoms with van der Waals surface area (Å²) in [5, 5.41) is 18.3. The Morgan fingerprint density at radius 1 is 0.654 bits per heavy atom. The molecule has 0 aliphatic carbocycles. The zero-order valence-electron chi connectivity index (χ0n) is 30.4. The number of rotatable bonds is 5. The van der Waals surface area contributed by atoms with Gasteiger partial charge < -0.3 is 58.0 Å². The van der Waals surface area contributed by atoms with E-state index in [0.717, 1.165) is 0 Å². The molecule has 0 fully saturated rings. The summed E-state index contributed by atoms with van der Waals surface area (Å²) in [4.78, 5) is 7.93. The van der Waals surface area contributed by atoms with Crippen LogP contribution in [0.1, 0.15) is 18.6 Å². The monoisotopic (exact) mass is 729 g/mol. The van der Waals surface area contributed by atoms with Crippen LogP contribution in [0.4, 0.5) is 11.4 Å². The molecule has 2 heterocycles. The van der Waals surface area contributed by atoms with Gasteiger partial charge in [-0.2, -0.15) is 10.5 Å². The summed E-state index contributed by atoms with van der Waals surface area (Å²) >= 11 is 0. The Bertz CT molecular complexity index is 1380. The first-order valence-electron chi connectivity index (χ1n) is 15.9. The number of fused-ring (bicyclic) bond motifs is 2. The smallest absolute Gasteiger partial charge is 0.217 e. The standard InChI is InChI=1S/C16H21N3O4.C13H16N2O4.C5H13NO2.CH4.B/c1-19(2)12-18-14-10-16-15(9-13(14)11-17)22-7-5-20-3-4-21-6-8-23-16;14-9-10-7-12-13(8-11(10)15)19-6-4-17-2-1-16-3-5-18-12;1-6(2)5(7-3)8-4;;/h9-10,12H,3-8H2,1-2H3;7-8H,1-6,15H2;5H,1-4H3;1H4;. The SMILES string of the molecule is C.CN(C)C=Nc1cc2c(cc1C#N)OCCOCCOCCO2.COC(OC)N(C)C.N#Cc1cc2c(cc1N)OCCOCCOCCO2.[B]. The zero-order valence-corrected chi connectivity index (χ0v) is 30.4. The maximum absolute atomic E-state index is 9.32. The quantitative estimate of drug-likeness (QED) is 0.156. The number of nitriles is 2. The second-order valence-corrected chi connectivity index (χ2v) is 10.7. The molecule has 2 aliphatic rings. The summed E-state index contributed by atoms with van der Waals surface area (Å²) in [5.74, 6) is 2.06. The molecule has 0 saturated heterocycles. The Morgan fingerprint density at radius 3 is 1.37 bits per heavy atom. The van der Waals surface area contributed by atoms with Crippen LogP contribution in [0, 0.1) is 22.7 Å². The van der Waals surface area contributed by atoms with Gasteiger partial charge in [0, 0.05) is 61.0 Å². The summed E-state index contributed by atoms with van der Waals surface area (Å²) in [5.41, 5.74) is 7.45. The summed E-state index contributed by atoms with van der Waals surface area (Å²) in [6.45, 7) is 5.47. The lowest BCUT2D eigenvalue weighted by Crippen LogP contribution is -2.30. The topological polar surface area (TPSA) is 185 Å². The third-order valence-electron chi connectivity index (χ3n) is 6.36. The first-order valence-corrected chi connectivity index (χ1v) is 15.9. The molecule has 16 nitrogen and oxygen atoms in total. The molecule has 2 N–H and O–H groups in total. The van der Waals surface area contributed by atoms with Gasteiger partial charge in [0.2, 0.25) is 6.41 Å². The fourth-order valence-electron chi connectivity index (χ4n) is 4.05. The molecule has 2 aromatic carbocycles. The Labute approximate surface area is 310 Å². The minimum Gasteiger partial charge on any atom is -0.487 e. The zero-order chi connectivity index (χ0) is 36.6. The van der Waals surface area contributed by atoms with Crippen LogP contribution in [0.5, 0.6) is 23.0 Å². The normalized spacial score (nSPS) is 15.0. The highest BCUT2D eigenvalue weighted by Gasteiger charge is 2.14. The third-order valence-corrected chi connectivity index (χ3v) is 6.36. The molecule has 0 spiro atoms. The van der Waals surface area contributed by atoms with E-state index in [4.69, 9.17) is 58.4 Å². The van der Waals surface area contributed by atoms with Crippen LogP contribution >= 0.6 is 0 Å². The van der Waals surface area contributed by atoms with Crippen molar-refractivity contribution >= 4 is 26.1 Å². The first-order chi connectivity index (χ1) is 24.2. The summed E-state index contributed by atoms with van der Waals surface area (Å²) in [6, 6.07) is 10.7. The number of methoxy groups -OCH3 is 2. The van der Waals surface area contributed by atoms with Gasteiger partial charge in [-0.1, -0.05) is 7.43 Å². The van der Waals surface area contributed by atoms with Gasteiger partial charge in [0.25, 0.3) is 0 Å². The highest BCUT2D eigenvalue weighted by Crippen LogP contribution is 2.35. The highest BCUT2D eigenvalue weighted by atomic mass is 16.7. The lowest BCUT2D eigenvalue weighted by molar-refractivity contribution is -0.179. The molecule has 17 heteroatoms. The molecular weight excluding hydrogens is 675 g/mol. The predicted molar refractivity (Wildman–Crippen MR) is 198 cm³/mol. The predicted octanol–water partition coefficient (Wildman–Crippen LogP) is 2.91. The van der Waals surface area contributed by atoms with E-state index < -0.39 is 0 Å². The average molecular weight is 730 g/mol. The molecule has 0 unspecified atom stereocenters. The Hall–Kier alpha value is -4.33. The Balaban J connectivity index is 0.000000812. The number of nitrogens with two attached hydrogens (primary N) is 1. The molecule has 0 atom stereocenters. The number of ether oxygens (including phenoxy) is 10. The lowest BCUT2D eigenvalue weighted by atomic mass is 10.1. The molecule has 2 aliphatic heterocycles. The van der Waals surface area contributed by atoms with Crippen LogP contribution in [-0.2, 0) is 28.4 Å². The van der Waals surface area contributed by atoms with Gasteiger partial charge in [-0.15, -0.1) is 0 Å². The average Bonchev–Trinajstić information content (AvgIpc) is 3.09. The number of benzene rings is 2. The van der Waals surface area contributed by atoms with E-state index in [1.807, 2.05) is 39.2 Å². The Kier molecular flexibility index (Phi) is 25.9. The van der Waals surface area contributed by atoms with Crippen molar-refractivity contribution in [2.45, 2.75) is 13.8 Å². The van der Waals surface area contributed by atoms with Crippen molar-refractivity contribution in [1.29, 1.82) is 10.5 Å². The summed E-state index contributed by atoms with van der Waals surface area (Å²) < 4.78 is 53.7. The molecule has 0 saturated carbocycles. The van der Waals surface area contributed by atoms with Gasteiger partial charge in [0.1, 0.15) is 38.6 Å². The highest BCUT2D eigenvalue weighted by molar-refractivity contribution is 5.75. The molecule has 2 aromatic rings. The summed E-state index contributed by atoms with van der Waals surface area (Å²) in [6.07, 6.45) is 1.42. The Morgan fingerprint density at radius 2 is 1.02 bits per heavy atom. The van der Waals surface area contributed by atoms with E-state index in [0.29, 0.717) is 125 Å². The van der Waals surface area contributed by atoms with E-state index in [2.05, 4.69) is 11.1 Å². The van der Waals surface area contributed by atoms with Crippen molar-refractivity contribution in [3.8, 4) is 35.1 Å². The van der Waals surface area contributed by atoms with Gasteiger partial charge in [-0.3, -0.25) is 4.90 Å².